The first kappa shape index (κ1) is 23.0. The summed E-state index contributed by atoms with van der Waals surface area (Å²) >= 11 is 0. The molecule has 7 heteroatoms. The summed E-state index contributed by atoms with van der Waals surface area (Å²) in [6, 6.07) is 20.2. The summed E-state index contributed by atoms with van der Waals surface area (Å²) in [5.41, 5.74) is 2.13. The number of carbonyl (C=O) groups is 2. The number of H-pyrrole nitrogens is 1. The second-order valence-corrected chi connectivity index (χ2v) is 7.20. The minimum Gasteiger partial charge on any atom is -0.466 e. The van der Waals surface area contributed by atoms with E-state index >= 15 is 0 Å². The summed E-state index contributed by atoms with van der Waals surface area (Å²) in [7, 11) is 0. The van der Waals surface area contributed by atoms with Crippen LogP contribution < -0.4 is 16.1 Å². The topological polar surface area (TPSA) is 100 Å². The van der Waals surface area contributed by atoms with Gasteiger partial charge in [-0.15, -0.1) is 0 Å². The SMILES string of the molecule is CCOC(=O)CCNCc1cc(=O)c(C(=O)NC(c2ccccc2)c2ccccc2)c[nH]1. The van der Waals surface area contributed by atoms with Crippen molar-refractivity contribution in [3.8, 4) is 0 Å². The van der Waals surface area contributed by atoms with Gasteiger partial charge in [-0.05, 0) is 18.1 Å². The number of rotatable bonds is 10. The second kappa shape index (κ2) is 11.6. The van der Waals surface area contributed by atoms with E-state index in [9.17, 15) is 14.4 Å². The predicted molar refractivity (Wildman–Crippen MR) is 122 cm³/mol. The largest absolute Gasteiger partial charge is 0.466 e. The molecule has 2 aromatic carbocycles. The number of hydrogen-bond donors (Lipinski definition) is 3. The molecule has 3 aromatic rings. The average Bonchev–Trinajstić information content (AvgIpc) is 2.81. The van der Waals surface area contributed by atoms with Crippen LogP contribution in [-0.4, -0.2) is 30.0 Å². The van der Waals surface area contributed by atoms with Gasteiger partial charge >= 0.3 is 5.97 Å². The van der Waals surface area contributed by atoms with Crippen molar-refractivity contribution < 1.29 is 14.3 Å². The molecule has 0 fully saturated rings. The highest BCUT2D eigenvalue weighted by atomic mass is 16.5. The zero-order valence-electron chi connectivity index (χ0n) is 18.0. The van der Waals surface area contributed by atoms with E-state index in [0.717, 1.165) is 11.1 Å². The third-order valence-corrected chi connectivity index (χ3v) is 4.89. The monoisotopic (exact) mass is 433 g/mol. The smallest absolute Gasteiger partial charge is 0.307 e. The lowest BCUT2D eigenvalue weighted by Gasteiger charge is -2.20. The van der Waals surface area contributed by atoms with Crippen molar-refractivity contribution in [2.45, 2.75) is 25.9 Å². The molecule has 0 unspecified atom stereocenters. The molecule has 3 N–H and O–H groups in total. The molecule has 7 nitrogen and oxygen atoms in total. The highest BCUT2D eigenvalue weighted by Gasteiger charge is 2.19. The van der Waals surface area contributed by atoms with Gasteiger partial charge in [-0.2, -0.15) is 0 Å². The standard InChI is InChI=1S/C25H27N3O4/c1-2-32-23(30)13-14-26-16-20-15-22(29)21(17-27-20)25(31)28-24(18-9-5-3-6-10-18)19-11-7-4-8-12-19/h3-12,15,17,24,26H,2,13-14,16H2,1H3,(H,27,29)(H,28,31). The lowest BCUT2D eigenvalue weighted by Crippen LogP contribution is -2.33. The first-order valence-electron chi connectivity index (χ1n) is 10.6. The van der Waals surface area contributed by atoms with Gasteiger partial charge in [0.2, 0.25) is 0 Å². The zero-order chi connectivity index (χ0) is 22.8. The molecule has 0 aliphatic heterocycles. The minimum atomic E-state index is -0.453. The van der Waals surface area contributed by atoms with Gasteiger partial charge in [-0.25, -0.2) is 0 Å². The summed E-state index contributed by atoms with van der Waals surface area (Å²) in [6.45, 7) is 2.91. The molecule has 0 saturated carbocycles. The van der Waals surface area contributed by atoms with Crippen molar-refractivity contribution in [2.75, 3.05) is 13.2 Å². The van der Waals surface area contributed by atoms with E-state index in [4.69, 9.17) is 4.74 Å². The fourth-order valence-electron chi connectivity index (χ4n) is 3.30. The number of ether oxygens (including phenoxy) is 1. The van der Waals surface area contributed by atoms with Crippen molar-refractivity contribution in [3.63, 3.8) is 0 Å². The Kier molecular flexibility index (Phi) is 8.34. The number of esters is 1. The molecule has 0 bridgehead atoms. The molecule has 0 radical (unpaired) electrons. The van der Waals surface area contributed by atoms with Gasteiger partial charge in [-0.1, -0.05) is 60.7 Å². The van der Waals surface area contributed by atoms with E-state index in [0.29, 0.717) is 25.4 Å². The molecule has 0 aliphatic rings. The van der Waals surface area contributed by atoms with Crippen molar-refractivity contribution in [3.05, 3.63) is 106 Å². The number of amides is 1. The van der Waals surface area contributed by atoms with Crippen molar-refractivity contribution in [1.82, 2.24) is 15.6 Å². The van der Waals surface area contributed by atoms with Crippen LogP contribution in [0.1, 0.15) is 46.6 Å². The molecule has 3 rings (SSSR count). The molecule has 0 aliphatic carbocycles. The number of aromatic amines is 1. The number of hydrogen-bond acceptors (Lipinski definition) is 5. The molecule has 1 aromatic heterocycles. The Morgan fingerprint density at radius 1 is 1.00 bits per heavy atom. The van der Waals surface area contributed by atoms with Gasteiger partial charge in [0.15, 0.2) is 5.43 Å². The van der Waals surface area contributed by atoms with Gasteiger partial charge in [0.1, 0.15) is 5.56 Å². The summed E-state index contributed by atoms with van der Waals surface area (Å²) in [4.78, 5) is 39.9. The van der Waals surface area contributed by atoms with Gasteiger partial charge in [0, 0.05) is 31.0 Å². The molecule has 166 valence electrons. The van der Waals surface area contributed by atoms with E-state index in [2.05, 4.69) is 15.6 Å². The van der Waals surface area contributed by atoms with Gasteiger partial charge in [-0.3, -0.25) is 14.4 Å². The highest BCUT2D eigenvalue weighted by molar-refractivity contribution is 5.94. The zero-order valence-corrected chi connectivity index (χ0v) is 18.0. The van der Waals surface area contributed by atoms with E-state index in [1.54, 1.807) is 6.92 Å². The van der Waals surface area contributed by atoms with Crippen LogP contribution in [0.5, 0.6) is 0 Å². The third-order valence-electron chi connectivity index (χ3n) is 4.89. The predicted octanol–water partition coefficient (Wildman–Crippen LogP) is 2.94. The second-order valence-electron chi connectivity index (χ2n) is 7.20. The molecular formula is C25H27N3O4. The lowest BCUT2D eigenvalue weighted by molar-refractivity contribution is -0.142. The summed E-state index contributed by atoms with van der Waals surface area (Å²) in [5, 5.41) is 6.05. The molecule has 1 amide bonds. The molecule has 0 saturated heterocycles. The van der Waals surface area contributed by atoms with Crippen LogP contribution in [0.2, 0.25) is 0 Å². The maximum absolute atomic E-state index is 12.9. The molecular weight excluding hydrogens is 406 g/mol. The average molecular weight is 434 g/mol. The maximum atomic E-state index is 12.9. The van der Waals surface area contributed by atoms with Crippen LogP contribution in [0.4, 0.5) is 0 Å². The quantitative estimate of drug-likeness (QED) is 0.337. The Labute approximate surface area is 186 Å². The van der Waals surface area contributed by atoms with Crippen LogP contribution in [0, 0.1) is 0 Å². The van der Waals surface area contributed by atoms with Crippen LogP contribution in [0.15, 0.2) is 77.7 Å². The van der Waals surface area contributed by atoms with Crippen LogP contribution >= 0.6 is 0 Å². The van der Waals surface area contributed by atoms with Gasteiger partial charge < -0.3 is 20.4 Å². The normalized spacial score (nSPS) is 10.7. The minimum absolute atomic E-state index is 0.0390. The number of pyridine rings is 1. The van der Waals surface area contributed by atoms with E-state index in [1.165, 1.54) is 12.3 Å². The first-order valence-corrected chi connectivity index (χ1v) is 10.6. The highest BCUT2D eigenvalue weighted by Crippen LogP contribution is 2.22. The number of nitrogens with one attached hydrogen (secondary N) is 3. The Balaban J connectivity index is 1.67. The Hall–Kier alpha value is -3.71. The number of benzene rings is 2. The van der Waals surface area contributed by atoms with Gasteiger partial charge in [0.05, 0.1) is 19.1 Å². The van der Waals surface area contributed by atoms with E-state index < -0.39 is 5.91 Å². The fourth-order valence-corrected chi connectivity index (χ4v) is 3.30. The maximum Gasteiger partial charge on any atom is 0.307 e. The number of aromatic nitrogens is 1. The Morgan fingerprint density at radius 2 is 1.62 bits per heavy atom. The van der Waals surface area contributed by atoms with E-state index in [1.807, 2.05) is 60.7 Å². The van der Waals surface area contributed by atoms with Gasteiger partial charge in [0.25, 0.3) is 5.91 Å². The van der Waals surface area contributed by atoms with E-state index in [-0.39, 0.29) is 29.4 Å². The fraction of sp³-hybridized carbons (Fsp3) is 0.240. The summed E-state index contributed by atoms with van der Waals surface area (Å²) < 4.78 is 4.87. The third kappa shape index (κ3) is 6.39. The molecule has 1 heterocycles. The molecule has 0 atom stereocenters. The van der Waals surface area contributed by atoms with Crippen LogP contribution in [0.3, 0.4) is 0 Å². The Bertz CT molecular complexity index is 1040. The summed E-state index contributed by atoms with van der Waals surface area (Å²) in [5.74, 6) is -0.724. The van der Waals surface area contributed by atoms with Crippen molar-refractivity contribution >= 4 is 11.9 Å². The van der Waals surface area contributed by atoms with Crippen molar-refractivity contribution in [1.29, 1.82) is 0 Å². The lowest BCUT2D eigenvalue weighted by atomic mass is 9.98. The number of carbonyl (C=O) groups excluding carboxylic acids is 2. The Morgan fingerprint density at radius 3 is 2.19 bits per heavy atom. The van der Waals surface area contributed by atoms with Crippen LogP contribution in [-0.2, 0) is 16.1 Å². The molecule has 0 spiro atoms. The molecule has 32 heavy (non-hydrogen) atoms. The summed E-state index contributed by atoms with van der Waals surface area (Å²) in [6.07, 6.45) is 1.67. The van der Waals surface area contributed by atoms with Crippen LogP contribution in [0.25, 0.3) is 0 Å². The first-order chi connectivity index (χ1) is 15.6. The van der Waals surface area contributed by atoms with Crippen molar-refractivity contribution in [2.24, 2.45) is 0 Å².